The lowest BCUT2D eigenvalue weighted by atomic mass is 10.0. The number of para-hydroxylation sites is 1. The maximum atomic E-state index is 14.4. The zero-order chi connectivity index (χ0) is 28.4. The number of piperazine rings is 1. The Bertz CT molecular complexity index is 1600. The number of aromatic nitrogens is 1. The van der Waals surface area contributed by atoms with Crippen molar-refractivity contribution in [1.29, 1.82) is 5.26 Å². The topological polar surface area (TPSA) is 72.6 Å². The van der Waals surface area contributed by atoms with Gasteiger partial charge in [0.15, 0.2) is 0 Å². The van der Waals surface area contributed by atoms with E-state index in [1.54, 1.807) is 34.6 Å². The van der Waals surface area contributed by atoms with Crippen molar-refractivity contribution in [3.05, 3.63) is 97.9 Å². The first-order valence-corrected chi connectivity index (χ1v) is 14.3. The number of pyridine rings is 1. The maximum absolute atomic E-state index is 14.4. The Balaban J connectivity index is 1.53. The zero-order valence-corrected chi connectivity index (χ0v) is 23.9. The fraction of sp³-hybridized carbons (Fsp3) is 0.267. The van der Waals surface area contributed by atoms with Gasteiger partial charge in [-0.05, 0) is 43.2 Å². The summed E-state index contributed by atoms with van der Waals surface area (Å²) in [5.74, 6) is 0.181. The Labute approximate surface area is 242 Å². The van der Waals surface area contributed by atoms with E-state index < -0.39 is 0 Å². The number of anilines is 2. The Kier molecular flexibility index (Phi) is 8.05. The van der Waals surface area contributed by atoms with Crippen molar-refractivity contribution in [2.45, 2.75) is 26.9 Å². The lowest BCUT2D eigenvalue weighted by Crippen LogP contribution is -2.49. The van der Waals surface area contributed by atoms with Crippen LogP contribution in [-0.4, -0.2) is 45.9 Å². The fourth-order valence-electron chi connectivity index (χ4n) is 5.18. The van der Waals surface area contributed by atoms with Crippen LogP contribution in [0.1, 0.15) is 29.2 Å². The number of thiocarbonyl (C=S) groups is 1. The maximum Gasteiger partial charge on any atom is 0.270 e. The minimum Gasteiger partial charge on any atom is -0.366 e. The average molecular weight is 574 g/mol. The zero-order valence-electron chi connectivity index (χ0n) is 22.3. The van der Waals surface area contributed by atoms with Gasteiger partial charge < -0.3 is 9.80 Å². The molecule has 1 aromatic heterocycles. The van der Waals surface area contributed by atoms with Gasteiger partial charge in [0.2, 0.25) is 0 Å². The Morgan fingerprint density at radius 1 is 1.02 bits per heavy atom. The van der Waals surface area contributed by atoms with Crippen LogP contribution in [0.3, 0.4) is 0 Å². The summed E-state index contributed by atoms with van der Waals surface area (Å²) in [5.41, 5.74) is 2.39. The summed E-state index contributed by atoms with van der Waals surface area (Å²) >= 11 is 6.78. The smallest absolute Gasteiger partial charge is 0.270 e. The summed E-state index contributed by atoms with van der Waals surface area (Å²) in [4.78, 5) is 32.9. The molecule has 10 heteroatoms. The Morgan fingerprint density at radius 3 is 2.33 bits per heavy atom. The minimum atomic E-state index is -0.359. The molecule has 0 unspecified atom stereocenters. The average Bonchev–Trinajstić information content (AvgIpc) is 3.23. The van der Waals surface area contributed by atoms with E-state index in [0.29, 0.717) is 71.1 Å². The number of hydrogen-bond acceptors (Lipinski definition) is 7. The van der Waals surface area contributed by atoms with Crippen LogP contribution >= 0.6 is 24.0 Å². The standard InChI is InChI=1S/C30H28FN5O2S2/c1-3-35-27(34-15-13-33(14-16-34)25-12-8-7-11-24(25)31)22(20(2)23(18-32)28(35)37)17-26-29(38)36(30(39)40-26)19-21-9-5-4-6-10-21/h4-12,17H,3,13-16,19H2,1-2H3/b26-17-. The Hall–Kier alpha value is -3.94. The van der Waals surface area contributed by atoms with Crippen molar-refractivity contribution < 1.29 is 9.18 Å². The number of carbonyl (C=O) groups excluding carboxylic acids is 1. The van der Waals surface area contributed by atoms with Crippen LogP contribution in [0.15, 0.2) is 64.3 Å². The summed E-state index contributed by atoms with van der Waals surface area (Å²) < 4.78 is 16.5. The first kappa shape index (κ1) is 27.6. The number of halogens is 1. The Morgan fingerprint density at radius 2 is 1.68 bits per heavy atom. The summed E-state index contributed by atoms with van der Waals surface area (Å²) in [7, 11) is 0. The molecule has 0 radical (unpaired) electrons. The van der Waals surface area contributed by atoms with E-state index in [2.05, 4.69) is 11.0 Å². The second-order valence-corrected chi connectivity index (χ2v) is 11.3. The second kappa shape index (κ2) is 11.7. The van der Waals surface area contributed by atoms with E-state index in [-0.39, 0.29) is 22.8 Å². The van der Waals surface area contributed by atoms with E-state index in [1.807, 2.05) is 48.2 Å². The van der Waals surface area contributed by atoms with E-state index in [0.717, 1.165) is 5.56 Å². The number of benzene rings is 2. The number of amides is 1. The van der Waals surface area contributed by atoms with Gasteiger partial charge in [-0.15, -0.1) is 0 Å². The highest BCUT2D eigenvalue weighted by atomic mass is 32.2. The largest absolute Gasteiger partial charge is 0.366 e. The molecular weight excluding hydrogens is 545 g/mol. The lowest BCUT2D eigenvalue weighted by Gasteiger charge is -2.39. The van der Waals surface area contributed by atoms with Crippen molar-refractivity contribution in [3.8, 4) is 6.07 Å². The predicted octanol–water partition coefficient (Wildman–Crippen LogP) is 4.92. The second-order valence-electron chi connectivity index (χ2n) is 9.58. The molecule has 2 saturated heterocycles. The quantitative estimate of drug-likeness (QED) is 0.306. The molecule has 5 rings (SSSR count). The van der Waals surface area contributed by atoms with Crippen LogP contribution in [0.2, 0.25) is 0 Å². The van der Waals surface area contributed by atoms with E-state index >= 15 is 0 Å². The van der Waals surface area contributed by atoms with E-state index in [1.165, 1.54) is 17.8 Å². The fourth-order valence-corrected chi connectivity index (χ4v) is 6.42. The molecule has 0 atom stereocenters. The number of hydrogen-bond donors (Lipinski definition) is 0. The SMILES string of the molecule is CCn1c(N2CCN(c3ccccc3F)CC2)c(/C=C2\SC(=S)N(Cc3ccccc3)C2=O)c(C)c(C#N)c1=O. The molecule has 1 amide bonds. The molecule has 3 heterocycles. The molecule has 2 aromatic carbocycles. The summed E-state index contributed by atoms with van der Waals surface area (Å²) in [6.45, 7) is 6.50. The van der Waals surface area contributed by atoms with Gasteiger partial charge >= 0.3 is 0 Å². The van der Waals surface area contributed by atoms with Crippen molar-refractivity contribution in [2.24, 2.45) is 0 Å². The molecule has 40 heavy (non-hydrogen) atoms. The normalized spacial score (nSPS) is 16.6. The number of thioether (sulfide) groups is 1. The van der Waals surface area contributed by atoms with Crippen LogP contribution in [0.25, 0.3) is 6.08 Å². The number of nitriles is 1. The molecule has 2 fully saturated rings. The van der Waals surface area contributed by atoms with Gasteiger partial charge in [0.25, 0.3) is 11.5 Å². The van der Waals surface area contributed by atoms with Gasteiger partial charge in [0, 0.05) is 38.3 Å². The third-order valence-electron chi connectivity index (χ3n) is 7.27. The highest BCUT2D eigenvalue weighted by molar-refractivity contribution is 8.26. The van der Waals surface area contributed by atoms with Crippen LogP contribution < -0.4 is 15.4 Å². The number of carbonyl (C=O) groups is 1. The first-order chi connectivity index (χ1) is 19.3. The summed E-state index contributed by atoms with van der Waals surface area (Å²) in [5, 5.41) is 9.85. The molecule has 2 aliphatic rings. The van der Waals surface area contributed by atoms with E-state index in [9.17, 15) is 19.2 Å². The number of nitrogens with zero attached hydrogens (tertiary/aromatic N) is 5. The third-order valence-corrected chi connectivity index (χ3v) is 8.65. The molecule has 204 valence electrons. The monoisotopic (exact) mass is 573 g/mol. The van der Waals surface area contributed by atoms with Gasteiger partial charge in [-0.25, -0.2) is 4.39 Å². The molecule has 0 N–H and O–H groups in total. The molecule has 0 saturated carbocycles. The van der Waals surface area contributed by atoms with Crippen molar-refractivity contribution in [1.82, 2.24) is 9.47 Å². The third kappa shape index (κ3) is 5.15. The molecule has 3 aromatic rings. The highest BCUT2D eigenvalue weighted by Crippen LogP contribution is 2.37. The van der Waals surface area contributed by atoms with Crippen molar-refractivity contribution in [3.63, 3.8) is 0 Å². The van der Waals surface area contributed by atoms with Gasteiger partial charge in [-0.3, -0.25) is 19.1 Å². The molecule has 2 aliphatic heterocycles. The molecule has 0 aliphatic carbocycles. The van der Waals surface area contributed by atoms with Crippen molar-refractivity contribution >= 4 is 51.8 Å². The molecular formula is C30H28FN5O2S2. The summed E-state index contributed by atoms with van der Waals surface area (Å²) in [6.07, 6.45) is 1.77. The molecule has 0 spiro atoms. The minimum absolute atomic E-state index is 0.0570. The van der Waals surface area contributed by atoms with Crippen LogP contribution in [-0.2, 0) is 17.9 Å². The first-order valence-electron chi connectivity index (χ1n) is 13.0. The van der Waals surface area contributed by atoms with Crippen LogP contribution in [0, 0.1) is 24.1 Å². The molecule has 7 nitrogen and oxygen atoms in total. The summed E-state index contributed by atoms with van der Waals surface area (Å²) in [6, 6.07) is 18.4. The van der Waals surface area contributed by atoms with Gasteiger partial charge in [0.1, 0.15) is 27.6 Å². The van der Waals surface area contributed by atoms with Crippen LogP contribution in [0.5, 0.6) is 0 Å². The van der Waals surface area contributed by atoms with E-state index in [4.69, 9.17) is 12.2 Å². The van der Waals surface area contributed by atoms with Gasteiger partial charge in [-0.1, -0.05) is 66.4 Å². The predicted molar refractivity (Wildman–Crippen MR) is 162 cm³/mol. The van der Waals surface area contributed by atoms with Crippen molar-refractivity contribution in [2.75, 3.05) is 36.0 Å². The van der Waals surface area contributed by atoms with Crippen LogP contribution in [0.4, 0.5) is 15.9 Å². The van der Waals surface area contributed by atoms with Gasteiger partial charge in [0.05, 0.1) is 17.1 Å². The lowest BCUT2D eigenvalue weighted by molar-refractivity contribution is -0.122. The number of rotatable bonds is 6. The van der Waals surface area contributed by atoms with Gasteiger partial charge in [-0.2, -0.15) is 5.26 Å². The molecule has 0 bridgehead atoms. The highest BCUT2D eigenvalue weighted by Gasteiger charge is 2.34.